The van der Waals surface area contributed by atoms with Crippen molar-refractivity contribution in [3.63, 3.8) is 0 Å². The molecule has 2 aliphatic heterocycles. The first-order valence-electron chi connectivity index (χ1n) is 9.10. The molecule has 3 heterocycles. The first-order valence-corrected chi connectivity index (χ1v) is 9.10. The lowest BCUT2D eigenvalue weighted by Gasteiger charge is -2.35. The van der Waals surface area contributed by atoms with Crippen molar-refractivity contribution in [3.05, 3.63) is 59.2 Å². The largest absolute Gasteiger partial charge is 0.360 e. The maximum atomic E-state index is 13.5. The smallest absolute Gasteiger partial charge is 0.273 e. The fourth-order valence-electron chi connectivity index (χ4n) is 3.82. The zero-order valence-electron chi connectivity index (χ0n) is 15.1. The molecule has 2 aliphatic rings. The number of nitrogens with zero attached hydrogens (tertiary/aromatic N) is 3. The summed E-state index contributed by atoms with van der Waals surface area (Å²) in [4.78, 5) is 32.7. The summed E-state index contributed by atoms with van der Waals surface area (Å²) in [5.74, 6) is -0.430. The number of carbonyl (C=O) groups excluding carboxylic acids is 2. The van der Waals surface area contributed by atoms with Gasteiger partial charge in [-0.3, -0.25) is 14.6 Å². The van der Waals surface area contributed by atoms with Crippen LogP contribution in [0.15, 0.2) is 36.5 Å². The van der Waals surface area contributed by atoms with Crippen molar-refractivity contribution < 1.29 is 14.0 Å². The number of rotatable bonds is 2. The zero-order valence-corrected chi connectivity index (χ0v) is 15.1. The van der Waals surface area contributed by atoms with Gasteiger partial charge in [0.15, 0.2) is 0 Å². The molecule has 4 rings (SSSR count). The third-order valence-electron chi connectivity index (χ3n) is 5.27. The molecule has 1 atom stereocenters. The topological polar surface area (TPSA) is 65.5 Å². The van der Waals surface area contributed by atoms with Crippen LogP contribution in [0.4, 0.5) is 10.1 Å². The third kappa shape index (κ3) is 3.37. The maximum absolute atomic E-state index is 13.5. The first-order chi connectivity index (χ1) is 13.0. The van der Waals surface area contributed by atoms with E-state index in [1.165, 1.54) is 6.07 Å². The summed E-state index contributed by atoms with van der Waals surface area (Å²) in [6.07, 6.45) is 2.22. The SMILES string of the molecule is CC1c2ccc(F)cc2CCN1C(=O)c1cc(N2CCNC(=O)C2)ccn1. The molecule has 0 aliphatic carbocycles. The predicted molar refractivity (Wildman–Crippen MR) is 99.0 cm³/mol. The Hall–Kier alpha value is -2.96. The van der Waals surface area contributed by atoms with Crippen molar-refractivity contribution in [2.45, 2.75) is 19.4 Å². The van der Waals surface area contributed by atoms with E-state index in [2.05, 4.69) is 10.3 Å². The Morgan fingerprint density at radius 3 is 2.93 bits per heavy atom. The number of amides is 2. The van der Waals surface area contributed by atoms with Gasteiger partial charge in [-0.15, -0.1) is 0 Å². The van der Waals surface area contributed by atoms with Gasteiger partial charge >= 0.3 is 0 Å². The van der Waals surface area contributed by atoms with E-state index in [0.29, 0.717) is 31.7 Å². The molecule has 2 aromatic rings. The molecule has 2 amide bonds. The average Bonchev–Trinajstić information content (AvgIpc) is 2.68. The Kier molecular flexibility index (Phi) is 4.51. The van der Waals surface area contributed by atoms with Gasteiger partial charge < -0.3 is 15.1 Å². The molecule has 0 saturated carbocycles. The molecule has 0 bridgehead atoms. The van der Waals surface area contributed by atoms with Crippen LogP contribution in [-0.2, 0) is 11.2 Å². The molecule has 1 saturated heterocycles. The van der Waals surface area contributed by atoms with Crippen LogP contribution in [0, 0.1) is 5.82 Å². The summed E-state index contributed by atoms with van der Waals surface area (Å²) in [6.45, 7) is 4.03. The number of carbonyl (C=O) groups is 2. The molecule has 0 radical (unpaired) electrons. The number of hydrogen-bond acceptors (Lipinski definition) is 4. The molecule has 27 heavy (non-hydrogen) atoms. The Morgan fingerprint density at radius 1 is 1.26 bits per heavy atom. The van der Waals surface area contributed by atoms with E-state index < -0.39 is 0 Å². The van der Waals surface area contributed by atoms with Crippen LogP contribution >= 0.6 is 0 Å². The fraction of sp³-hybridized carbons (Fsp3) is 0.350. The molecule has 6 nitrogen and oxygen atoms in total. The highest BCUT2D eigenvalue weighted by atomic mass is 19.1. The summed E-state index contributed by atoms with van der Waals surface area (Å²) in [5.41, 5.74) is 3.10. The van der Waals surface area contributed by atoms with Crippen molar-refractivity contribution in [1.29, 1.82) is 0 Å². The van der Waals surface area contributed by atoms with E-state index in [0.717, 1.165) is 16.8 Å². The number of anilines is 1. The standard InChI is InChI=1S/C20H21FN4O2/c1-13-17-3-2-15(21)10-14(17)5-8-25(13)20(27)18-11-16(4-6-22-18)24-9-7-23-19(26)12-24/h2-4,6,10-11,13H,5,7-9,12H2,1H3,(H,23,26). The molecule has 1 aromatic heterocycles. The van der Waals surface area contributed by atoms with Crippen LogP contribution in [-0.4, -0.2) is 47.9 Å². The number of benzene rings is 1. The highest BCUT2D eigenvalue weighted by Crippen LogP contribution is 2.31. The zero-order chi connectivity index (χ0) is 19.0. The van der Waals surface area contributed by atoms with Gasteiger partial charge in [-0.2, -0.15) is 0 Å². The molecule has 0 spiro atoms. The van der Waals surface area contributed by atoms with Crippen molar-refractivity contribution in [3.8, 4) is 0 Å². The molecule has 1 aromatic carbocycles. The molecule has 1 fully saturated rings. The van der Waals surface area contributed by atoms with E-state index >= 15 is 0 Å². The predicted octanol–water partition coefficient (Wildman–Crippen LogP) is 1.92. The van der Waals surface area contributed by atoms with Gasteiger partial charge in [0.25, 0.3) is 5.91 Å². The van der Waals surface area contributed by atoms with Gasteiger partial charge in [-0.25, -0.2) is 4.39 Å². The minimum absolute atomic E-state index is 0.0283. The Labute approximate surface area is 157 Å². The lowest BCUT2D eigenvalue weighted by atomic mass is 9.93. The lowest BCUT2D eigenvalue weighted by molar-refractivity contribution is -0.120. The van der Waals surface area contributed by atoms with E-state index in [4.69, 9.17) is 0 Å². The Balaban J connectivity index is 1.57. The Morgan fingerprint density at radius 2 is 2.11 bits per heavy atom. The van der Waals surface area contributed by atoms with Crippen LogP contribution in [0.25, 0.3) is 0 Å². The van der Waals surface area contributed by atoms with Crippen molar-refractivity contribution in [2.75, 3.05) is 31.1 Å². The average molecular weight is 368 g/mol. The summed E-state index contributed by atoms with van der Waals surface area (Å²) in [5, 5.41) is 2.79. The molecule has 1 unspecified atom stereocenters. The quantitative estimate of drug-likeness (QED) is 0.880. The van der Waals surface area contributed by atoms with Gasteiger partial charge in [0.05, 0.1) is 12.6 Å². The van der Waals surface area contributed by atoms with Crippen molar-refractivity contribution in [1.82, 2.24) is 15.2 Å². The molecular formula is C20H21FN4O2. The van der Waals surface area contributed by atoms with Crippen LogP contribution < -0.4 is 10.2 Å². The number of nitrogens with one attached hydrogen (secondary N) is 1. The molecular weight excluding hydrogens is 347 g/mol. The van der Waals surface area contributed by atoms with E-state index in [9.17, 15) is 14.0 Å². The molecule has 1 N–H and O–H groups in total. The minimum Gasteiger partial charge on any atom is -0.360 e. The van der Waals surface area contributed by atoms with E-state index in [-0.39, 0.29) is 30.2 Å². The lowest BCUT2D eigenvalue weighted by Crippen LogP contribution is -2.47. The fourth-order valence-corrected chi connectivity index (χ4v) is 3.82. The minimum atomic E-state index is -0.249. The van der Waals surface area contributed by atoms with Crippen LogP contribution in [0.1, 0.15) is 34.6 Å². The first kappa shape index (κ1) is 17.5. The van der Waals surface area contributed by atoms with Gasteiger partial charge in [-0.1, -0.05) is 6.07 Å². The van der Waals surface area contributed by atoms with Crippen molar-refractivity contribution in [2.24, 2.45) is 0 Å². The number of piperazine rings is 1. The molecule has 140 valence electrons. The van der Waals surface area contributed by atoms with Crippen molar-refractivity contribution >= 4 is 17.5 Å². The highest BCUT2D eigenvalue weighted by Gasteiger charge is 2.29. The number of aromatic nitrogens is 1. The van der Waals surface area contributed by atoms with Crippen LogP contribution in [0.3, 0.4) is 0 Å². The highest BCUT2D eigenvalue weighted by molar-refractivity contribution is 5.94. The van der Waals surface area contributed by atoms with Gasteiger partial charge in [0, 0.05) is 31.5 Å². The third-order valence-corrected chi connectivity index (χ3v) is 5.27. The summed E-state index contributed by atoms with van der Waals surface area (Å²) >= 11 is 0. The molecule has 7 heteroatoms. The summed E-state index contributed by atoms with van der Waals surface area (Å²) in [6, 6.07) is 8.15. The van der Waals surface area contributed by atoms with Crippen LogP contribution in [0.2, 0.25) is 0 Å². The number of halogens is 1. The number of fused-ring (bicyclic) bond motifs is 1. The normalized spacial score (nSPS) is 19.5. The number of hydrogen-bond donors (Lipinski definition) is 1. The van der Waals surface area contributed by atoms with Crippen LogP contribution in [0.5, 0.6) is 0 Å². The Bertz CT molecular complexity index is 901. The second kappa shape index (κ2) is 6.98. The maximum Gasteiger partial charge on any atom is 0.273 e. The second-order valence-corrected chi connectivity index (χ2v) is 6.94. The number of pyridine rings is 1. The monoisotopic (exact) mass is 368 g/mol. The van der Waals surface area contributed by atoms with Gasteiger partial charge in [-0.05, 0) is 48.7 Å². The van der Waals surface area contributed by atoms with E-state index in [1.54, 1.807) is 29.3 Å². The summed E-state index contributed by atoms with van der Waals surface area (Å²) in [7, 11) is 0. The second-order valence-electron chi connectivity index (χ2n) is 6.94. The summed E-state index contributed by atoms with van der Waals surface area (Å²) < 4.78 is 13.5. The van der Waals surface area contributed by atoms with Gasteiger partial charge in [0.1, 0.15) is 11.5 Å². The van der Waals surface area contributed by atoms with E-state index in [1.807, 2.05) is 17.9 Å². The van der Waals surface area contributed by atoms with Gasteiger partial charge in [0.2, 0.25) is 5.91 Å².